The number of hydrogen-bond acceptors (Lipinski definition) is 7. The molecule has 3 aromatic heterocycles. The number of pyridine rings is 1. The van der Waals surface area contributed by atoms with E-state index in [0.717, 1.165) is 32.2 Å². The van der Waals surface area contributed by atoms with Crippen molar-refractivity contribution in [2.24, 2.45) is 0 Å². The molecule has 0 unspecified atom stereocenters. The Labute approximate surface area is 209 Å². The largest absolute Gasteiger partial charge is 0.437 e. The van der Waals surface area contributed by atoms with Gasteiger partial charge in [-0.25, -0.2) is 9.97 Å². The van der Waals surface area contributed by atoms with Crippen LogP contribution in [0.1, 0.15) is 0 Å². The molecule has 3 heterocycles. The Morgan fingerprint density at radius 3 is 2.34 bits per heavy atom. The molecule has 0 fully saturated rings. The van der Waals surface area contributed by atoms with Gasteiger partial charge in [0.2, 0.25) is 5.88 Å². The van der Waals surface area contributed by atoms with Crippen molar-refractivity contribution in [3.05, 3.63) is 102 Å². The highest BCUT2D eigenvalue weighted by Gasteiger charge is 2.12. The highest BCUT2D eigenvalue weighted by atomic mass is 79.9. The first-order chi connectivity index (χ1) is 17.2. The van der Waals surface area contributed by atoms with Crippen molar-refractivity contribution < 1.29 is 4.74 Å². The fraction of sp³-hybridized carbons (Fsp3) is 0. The summed E-state index contributed by atoms with van der Waals surface area (Å²) in [6, 6.07) is 27.6. The van der Waals surface area contributed by atoms with E-state index in [4.69, 9.17) is 4.74 Å². The van der Waals surface area contributed by atoms with Gasteiger partial charge in [-0.3, -0.25) is 0 Å². The van der Waals surface area contributed by atoms with Crippen molar-refractivity contribution >= 4 is 49.2 Å². The first-order valence-corrected chi connectivity index (χ1v) is 11.7. The molecule has 0 aliphatic heterocycles. The van der Waals surface area contributed by atoms with Gasteiger partial charge in [0.25, 0.3) is 0 Å². The zero-order valence-electron chi connectivity index (χ0n) is 18.3. The van der Waals surface area contributed by atoms with E-state index in [1.807, 2.05) is 78.9 Å². The number of hydrogen-bond donors (Lipinski definition) is 1. The summed E-state index contributed by atoms with van der Waals surface area (Å²) in [5, 5.41) is 14.4. The lowest BCUT2D eigenvalue weighted by Gasteiger charge is -2.12. The summed E-state index contributed by atoms with van der Waals surface area (Å²) in [5.41, 5.74) is 4.04. The fourth-order valence-electron chi connectivity index (χ4n) is 3.83. The van der Waals surface area contributed by atoms with Crippen molar-refractivity contribution in [3.63, 3.8) is 0 Å². The van der Waals surface area contributed by atoms with E-state index in [9.17, 15) is 0 Å². The molecule has 6 aromatic rings. The van der Waals surface area contributed by atoms with E-state index in [2.05, 4.69) is 52.5 Å². The third-order valence-electron chi connectivity index (χ3n) is 5.47. The first-order valence-electron chi connectivity index (χ1n) is 10.9. The molecule has 0 spiro atoms. The number of ether oxygens (including phenoxy) is 1. The summed E-state index contributed by atoms with van der Waals surface area (Å²) in [4.78, 5) is 12.9. The maximum absolute atomic E-state index is 5.99. The summed E-state index contributed by atoms with van der Waals surface area (Å²) in [6.45, 7) is 0. The molecule has 0 saturated carbocycles. The Morgan fingerprint density at radius 1 is 0.743 bits per heavy atom. The number of nitrogens with one attached hydrogen (secondary N) is 1. The van der Waals surface area contributed by atoms with Crippen LogP contribution in [0.15, 0.2) is 102 Å². The molecule has 3 aromatic carbocycles. The average Bonchev–Trinajstić information content (AvgIpc) is 2.90. The third-order valence-corrected chi connectivity index (χ3v) is 5.91. The molecule has 0 aliphatic rings. The van der Waals surface area contributed by atoms with E-state index in [0.29, 0.717) is 28.5 Å². The number of anilines is 2. The van der Waals surface area contributed by atoms with Gasteiger partial charge in [0.05, 0.1) is 5.52 Å². The lowest BCUT2D eigenvalue weighted by Crippen LogP contribution is -1.99. The lowest BCUT2D eigenvalue weighted by molar-refractivity contribution is 0.467. The standard InChI is InChI=1S/C27H17BrN6O/c28-18-14-23-25(29-15-18)27(31-16-30-23)35-20-12-10-19(11-13-20)32-26-22-9-5-4-8-21(22)24(33-34-26)17-6-2-1-3-7-17/h1-16H,(H,32,34). The Kier molecular flexibility index (Phi) is 5.48. The van der Waals surface area contributed by atoms with Gasteiger partial charge in [0, 0.05) is 32.7 Å². The van der Waals surface area contributed by atoms with Crippen LogP contribution < -0.4 is 10.1 Å². The van der Waals surface area contributed by atoms with Crippen LogP contribution in [0, 0.1) is 0 Å². The van der Waals surface area contributed by atoms with E-state index < -0.39 is 0 Å². The smallest absolute Gasteiger partial charge is 0.249 e. The number of nitrogens with zero attached hydrogens (tertiary/aromatic N) is 5. The predicted molar refractivity (Wildman–Crippen MR) is 140 cm³/mol. The molecule has 8 heteroatoms. The summed E-state index contributed by atoms with van der Waals surface area (Å²) in [5.74, 6) is 1.72. The van der Waals surface area contributed by atoms with Crippen LogP contribution in [-0.2, 0) is 0 Å². The minimum atomic E-state index is 0.400. The second-order valence-electron chi connectivity index (χ2n) is 7.76. The second-order valence-corrected chi connectivity index (χ2v) is 8.68. The van der Waals surface area contributed by atoms with Crippen LogP contribution in [-0.4, -0.2) is 25.1 Å². The number of fused-ring (bicyclic) bond motifs is 2. The highest BCUT2D eigenvalue weighted by Crippen LogP contribution is 2.32. The maximum atomic E-state index is 5.99. The summed E-state index contributed by atoms with van der Waals surface area (Å²) < 4.78 is 6.83. The molecule has 35 heavy (non-hydrogen) atoms. The van der Waals surface area contributed by atoms with E-state index in [1.165, 1.54) is 6.33 Å². The molecule has 0 saturated heterocycles. The number of halogens is 1. The van der Waals surface area contributed by atoms with Gasteiger partial charge in [-0.1, -0.05) is 54.6 Å². The van der Waals surface area contributed by atoms with Crippen LogP contribution in [0.4, 0.5) is 11.5 Å². The first kappa shape index (κ1) is 21.1. The van der Waals surface area contributed by atoms with E-state index >= 15 is 0 Å². The summed E-state index contributed by atoms with van der Waals surface area (Å²) >= 11 is 3.41. The average molecular weight is 521 g/mol. The molecule has 0 radical (unpaired) electrons. The fourth-order valence-corrected chi connectivity index (χ4v) is 4.15. The summed E-state index contributed by atoms with van der Waals surface area (Å²) in [6.07, 6.45) is 3.16. The Morgan fingerprint density at radius 2 is 1.51 bits per heavy atom. The predicted octanol–water partition coefficient (Wildman–Crippen LogP) is 6.93. The monoisotopic (exact) mass is 520 g/mol. The maximum Gasteiger partial charge on any atom is 0.249 e. The van der Waals surface area contributed by atoms with Gasteiger partial charge in [-0.15, -0.1) is 10.2 Å². The normalized spacial score (nSPS) is 11.0. The molecule has 0 amide bonds. The minimum Gasteiger partial charge on any atom is -0.437 e. The highest BCUT2D eigenvalue weighted by molar-refractivity contribution is 9.10. The molecule has 7 nitrogen and oxygen atoms in total. The number of rotatable bonds is 5. The molecule has 0 aliphatic carbocycles. The quantitative estimate of drug-likeness (QED) is 0.263. The molecule has 168 valence electrons. The SMILES string of the molecule is Brc1cnc2c(Oc3ccc(Nc4nnc(-c5ccccc5)c5ccccc45)cc3)ncnc2c1. The second kappa shape index (κ2) is 9.08. The van der Waals surface area contributed by atoms with Gasteiger partial charge >= 0.3 is 0 Å². The van der Waals surface area contributed by atoms with Crippen LogP contribution in [0.25, 0.3) is 33.1 Å². The Bertz CT molecular complexity index is 1660. The molecule has 6 rings (SSSR count). The van der Waals surface area contributed by atoms with Crippen molar-refractivity contribution in [1.29, 1.82) is 0 Å². The van der Waals surface area contributed by atoms with Crippen molar-refractivity contribution in [2.75, 3.05) is 5.32 Å². The Balaban J connectivity index is 1.27. The van der Waals surface area contributed by atoms with Gasteiger partial charge in [-0.2, -0.15) is 4.98 Å². The van der Waals surface area contributed by atoms with Crippen LogP contribution in [0.3, 0.4) is 0 Å². The van der Waals surface area contributed by atoms with Gasteiger partial charge in [0.1, 0.15) is 17.8 Å². The van der Waals surface area contributed by atoms with Crippen LogP contribution >= 0.6 is 15.9 Å². The Hall–Kier alpha value is -4.43. The van der Waals surface area contributed by atoms with Crippen molar-refractivity contribution in [3.8, 4) is 22.9 Å². The van der Waals surface area contributed by atoms with Gasteiger partial charge in [-0.05, 0) is 46.3 Å². The third kappa shape index (κ3) is 4.27. The lowest BCUT2D eigenvalue weighted by atomic mass is 10.0. The van der Waals surface area contributed by atoms with E-state index in [1.54, 1.807) is 6.20 Å². The summed E-state index contributed by atoms with van der Waals surface area (Å²) in [7, 11) is 0. The van der Waals surface area contributed by atoms with Gasteiger partial charge in [0.15, 0.2) is 11.3 Å². The molecular weight excluding hydrogens is 504 g/mol. The molecular formula is C27H17BrN6O. The zero-order chi connectivity index (χ0) is 23.6. The van der Waals surface area contributed by atoms with E-state index in [-0.39, 0.29) is 0 Å². The zero-order valence-corrected chi connectivity index (χ0v) is 19.8. The van der Waals surface area contributed by atoms with Crippen molar-refractivity contribution in [1.82, 2.24) is 25.1 Å². The van der Waals surface area contributed by atoms with Gasteiger partial charge < -0.3 is 10.1 Å². The number of aromatic nitrogens is 5. The molecule has 0 bridgehead atoms. The number of benzene rings is 3. The molecule has 0 atom stereocenters. The minimum absolute atomic E-state index is 0.400. The molecule has 1 N–H and O–H groups in total. The van der Waals surface area contributed by atoms with Crippen LogP contribution in [0.2, 0.25) is 0 Å². The topological polar surface area (TPSA) is 85.7 Å². The van der Waals surface area contributed by atoms with Crippen molar-refractivity contribution in [2.45, 2.75) is 0 Å². The van der Waals surface area contributed by atoms with Crippen LogP contribution in [0.5, 0.6) is 11.6 Å².